The van der Waals surface area contributed by atoms with Crippen LogP contribution >= 0.6 is 0 Å². The van der Waals surface area contributed by atoms with Crippen LogP contribution in [0.2, 0.25) is 0 Å². The summed E-state index contributed by atoms with van der Waals surface area (Å²) in [5.41, 5.74) is 4.19. The number of nitrogens with zero attached hydrogens (tertiary/aromatic N) is 3. The van der Waals surface area contributed by atoms with Gasteiger partial charge in [-0.15, -0.1) is 0 Å². The van der Waals surface area contributed by atoms with Crippen molar-refractivity contribution in [1.29, 1.82) is 5.26 Å². The maximum Gasteiger partial charge on any atom is 0.227 e. The molecule has 0 spiro atoms. The maximum atomic E-state index is 12.5. The smallest absolute Gasteiger partial charge is 0.227 e. The number of carbonyl (C=O) groups is 1. The Kier molecular flexibility index (Phi) is 5.47. The van der Waals surface area contributed by atoms with Gasteiger partial charge in [0.25, 0.3) is 0 Å². The van der Waals surface area contributed by atoms with E-state index in [1.165, 1.54) is 11.1 Å². The normalized spacial score (nSPS) is 15.0. The minimum Gasteiger partial charge on any atom is -0.340 e. The first-order valence-corrected chi connectivity index (χ1v) is 8.69. The summed E-state index contributed by atoms with van der Waals surface area (Å²) in [7, 11) is 0. The van der Waals surface area contributed by atoms with E-state index in [9.17, 15) is 4.79 Å². The molecule has 25 heavy (non-hydrogen) atoms. The first kappa shape index (κ1) is 17.2. The minimum atomic E-state index is 0.210. The lowest BCUT2D eigenvalue weighted by Gasteiger charge is -2.34. The highest BCUT2D eigenvalue weighted by Crippen LogP contribution is 2.12. The monoisotopic (exact) mass is 333 g/mol. The molecule has 2 aromatic carbocycles. The number of hydrogen-bond acceptors (Lipinski definition) is 3. The van der Waals surface area contributed by atoms with Gasteiger partial charge in [0.05, 0.1) is 18.1 Å². The average molecular weight is 333 g/mol. The zero-order valence-electron chi connectivity index (χ0n) is 14.6. The van der Waals surface area contributed by atoms with Crippen molar-refractivity contribution >= 4 is 5.91 Å². The van der Waals surface area contributed by atoms with Crippen molar-refractivity contribution in [2.75, 3.05) is 26.2 Å². The van der Waals surface area contributed by atoms with E-state index in [-0.39, 0.29) is 5.91 Å². The maximum absolute atomic E-state index is 12.5. The lowest BCUT2D eigenvalue weighted by atomic mass is 10.1. The molecular formula is C21H23N3O. The Morgan fingerprint density at radius 1 is 0.960 bits per heavy atom. The average Bonchev–Trinajstić information content (AvgIpc) is 2.65. The van der Waals surface area contributed by atoms with E-state index >= 15 is 0 Å². The Bertz CT molecular complexity index is 751. The number of rotatable bonds is 4. The molecule has 0 saturated carbocycles. The van der Waals surface area contributed by atoms with Crippen molar-refractivity contribution in [1.82, 2.24) is 9.80 Å². The van der Waals surface area contributed by atoms with Gasteiger partial charge in [-0.1, -0.05) is 42.0 Å². The molecular weight excluding hydrogens is 310 g/mol. The molecule has 4 heteroatoms. The van der Waals surface area contributed by atoms with E-state index in [0.29, 0.717) is 12.0 Å². The molecule has 3 rings (SSSR count). The first-order chi connectivity index (χ1) is 12.1. The van der Waals surface area contributed by atoms with Gasteiger partial charge in [-0.2, -0.15) is 5.26 Å². The highest BCUT2D eigenvalue weighted by atomic mass is 16.2. The van der Waals surface area contributed by atoms with E-state index in [2.05, 4.69) is 30.0 Å². The fourth-order valence-corrected chi connectivity index (χ4v) is 3.09. The highest BCUT2D eigenvalue weighted by Gasteiger charge is 2.21. The SMILES string of the molecule is Cc1ccc(CC(=O)N2CCN(Cc3ccc(C#N)cc3)CC2)cc1. The second-order valence-corrected chi connectivity index (χ2v) is 6.63. The van der Waals surface area contributed by atoms with Crippen LogP contribution in [-0.4, -0.2) is 41.9 Å². The number of carbonyl (C=O) groups excluding carboxylic acids is 1. The Morgan fingerprint density at radius 3 is 2.16 bits per heavy atom. The summed E-state index contributed by atoms with van der Waals surface area (Å²) in [6, 6.07) is 18.1. The summed E-state index contributed by atoms with van der Waals surface area (Å²) in [5, 5.41) is 8.85. The van der Waals surface area contributed by atoms with Gasteiger partial charge in [-0.3, -0.25) is 9.69 Å². The molecule has 1 aliphatic rings. The Balaban J connectivity index is 1.48. The van der Waals surface area contributed by atoms with Crippen LogP contribution in [0.3, 0.4) is 0 Å². The van der Waals surface area contributed by atoms with Crippen molar-refractivity contribution in [3.63, 3.8) is 0 Å². The molecule has 0 aromatic heterocycles. The zero-order chi connectivity index (χ0) is 17.6. The molecule has 1 fully saturated rings. The lowest BCUT2D eigenvalue weighted by molar-refractivity contribution is -0.132. The van der Waals surface area contributed by atoms with E-state index < -0.39 is 0 Å². The Morgan fingerprint density at radius 2 is 1.56 bits per heavy atom. The molecule has 0 unspecified atom stereocenters. The van der Waals surface area contributed by atoms with Crippen LogP contribution in [0.5, 0.6) is 0 Å². The van der Waals surface area contributed by atoms with Crippen molar-refractivity contribution in [3.8, 4) is 6.07 Å². The van der Waals surface area contributed by atoms with Crippen LogP contribution in [0.4, 0.5) is 0 Å². The number of benzene rings is 2. The second-order valence-electron chi connectivity index (χ2n) is 6.63. The highest BCUT2D eigenvalue weighted by molar-refractivity contribution is 5.78. The molecule has 0 aliphatic carbocycles. The number of amides is 1. The summed E-state index contributed by atoms with van der Waals surface area (Å²) in [6.45, 7) is 6.26. The van der Waals surface area contributed by atoms with Gasteiger partial charge in [0.1, 0.15) is 0 Å². The van der Waals surface area contributed by atoms with Gasteiger partial charge >= 0.3 is 0 Å². The lowest BCUT2D eigenvalue weighted by Crippen LogP contribution is -2.48. The van der Waals surface area contributed by atoms with Crippen LogP contribution in [-0.2, 0) is 17.8 Å². The summed E-state index contributed by atoms with van der Waals surface area (Å²) < 4.78 is 0. The zero-order valence-corrected chi connectivity index (χ0v) is 14.6. The molecule has 4 nitrogen and oxygen atoms in total. The van der Waals surface area contributed by atoms with Crippen molar-refractivity contribution in [2.45, 2.75) is 19.9 Å². The van der Waals surface area contributed by atoms with Crippen molar-refractivity contribution < 1.29 is 4.79 Å². The van der Waals surface area contributed by atoms with E-state index in [0.717, 1.165) is 38.3 Å². The fourth-order valence-electron chi connectivity index (χ4n) is 3.09. The molecule has 1 heterocycles. The van der Waals surface area contributed by atoms with Crippen LogP contribution in [0, 0.1) is 18.3 Å². The third kappa shape index (κ3) is 4.68. The second kappa shape index (κ2) is 7.96. The van der Waals surface area contributed by atoms with Gasteiger partial charge < -0.3 is 4.90 Å². The topological polar surface area (TPSA) is 47.3 Å². The number of aryl methyl sites for hydroxylation is 1. The number of hydrogen-bond donors (Lipinski definition) is 0. The summed E-state index contributed by atoms with van der Waals surface area (Å²) >= 11 is 0. The van der Waals surface area contributed by atoms with Gasteiger partial charge in [0, 0.05) is 32.7 Å². The summed E-state index contributed by atoms with van der Waals surface area (Å²) in [6.07, 6.45) is 0.482. The molecule has 0 radical (unpaired) electrons. The quantitative estimate of drug-likeness (QED) is 0.864. The molecule has 128 valence electrons. The standard InChI is InChI=1S/C21H23N3O/c1-17-2-4-18(5-3-17)14-21(25)24-12-10-23(11-13-24)16-20-8-6-19(15-22)7-9-20/h2-9H,10-14,16H2,1H3. The Hall–Kier alpha value is -2.64. The largest absolute Gasteiger partial charge is 0.340 e. The van der Waals surface area contributed by atoms with E-state index in [1.54, 1.807) is 0 Å². The third-order valence-electron chi connectivity index (χ3n) is 4.69. The van der Waals surface area contributed by atoms with E-state index in [1.807, 2.05) is 41.3 Å². The molecule has 0 bridgehead atoms. The summed E-state index contributed by atoms with van der Waals surface area (Å²) in [4.78, 5) is 16.8. The molecule has 1 amide bonds. The third-order valence-corrected chi connectivity index (χ3v) is 4.69. The van der Waals surface area contributed by atoms with Crippen LogP contribution < -0.4 is 0 Å². The van der Waals surface area contributed by atoms with Crippen LogP contribution in [0.15, 0.2) is 48.5 Å². The number of piperazine rings is 1. The predicted octanol–water partition coefficient (Wildman–Crippen LogP) is 2.75. The van der Waals surface area contributed by atoms with Gasteiger partial charge in [0.15, 0.2) is 0 Å². The molecule has 0 N–H and O–H groups in total. The van der Waals surface area contributed by atoms with Crippen molar-refractivity contribution in [2.24, 2.45) is 0 Å². The predicted molar refractivity (Wildman–Crippen MR) is 97.9 cm³/mol. The minimum absolute atomic E-state index is 0.210. The molecule has 1 saturated heterocycles. The molecule has 0 atom stereocenters. The summed E-state index contributed by atoms with van der Waals surface area (Å²) in [5.74, 6) is 0.210. The van der Waals surface area contributed by atoms with Crippen LogP contribution in [0.1, 0.15) is 22.3 Å². The van der Waals surface area contributed by atoms with Gasteiger partial charge in [-0.25, -0.2) is 0 Å². The number of nitriles is 1. The fraction of sp³-hybridized carbons (Fsp3) is 0.333. The van der Waals surface area contributed by atoms with E-state index in [4.69, 9.17) is 5.26 Å². The van der Waals surface area contributed by atoms with Gasteiger partial charge in [0.2, 0.25) is 5.91 Å². The van der Waals surface area contributed by atoms with Gasteiger partial charge in [-0.05, 0) is 30.2 Å². The first-order valence-electron chi connectivity index (χ1n) is 8.69. The Labute approximate surface area is 149 Å². The molecule has 1 aliphatic heterocycles. The molecule has 2 aromatic rings. The van der Waals surface area contributed by atoms with Crippen LogP contribution in [0.25, 0.3) is 0 Å². The van der Waals surface area contributed by atoms with Crippen molar-refractivity contribution in [3.05, 3.63) is 70.8 Å².